The van der Waals surface area contributed by atoms with Crippen molar-refractivity contribution in [1.82, 2.24) is 10.6 Å². The number of methoxy groups -OCH3 is 1. The Morgan fingerprint density at radius 3 is 1.91 bits per heavy atom. The van der Waals surface area contributed by atoms with Crippen LogP contribution in [0.15, 0.2) is 60.7 Å². The topological polar surface area (TPSA) is 33.3 Å². The highest BCUT2D eigenvalue weighted by Crippen LogP contribution is 2.21. The van der Waals surface area contributed by atoms with Gasteiger partial charge >= 0.3 is 0 Å². The van der Waals surface area contributed by atoms with Crippen LogP contribution < -0.4 is 10.6 Å². The van der Waals surface area contributed by atoms with E-state index in [2.05, 4.69) is 41.8 Å². The van der Waals surface area contributed by atoms with Crippen molar-refractivity contribution in [3.05, 3.63) is 71.8 Å². The summed E-state index contributed by atoms with van der Waals surface area (Å²) in [6, 6.07) is 20.9. The van der Waals surface area contributed by atoms with Gasteiger partial charge in [0.15, 0.2) is 5.11 Å². The summed E-state index contributed by atoms with van der Waals surface area (Å²) in [7, 11) is 1.71. The van der Waals surface area contributed by atoms with Gasteiger partial charge in [0.1, 0.15) is 0 Å². The number of nitrogens with one attached hydrogen (secondary N) is 2. The number of hydrogen-bond donors (Lipinski definition) is 2. The average Bonchev–Trinajstić information content (AvgIpc) is 2.61. The predicted molar refractivity (Wildman–Crippen MR) is 99.6 cm³/mol. The maximum atomic E-state index is 5.51. The van der Waals surface area contributed by atoms with Crippen LogP contribution in [-0.4, -0.2) is 24.9 Å². The molecule has 0 amide bonds. The second kappa shape index (κ2) is 9.28. The SMILES string of the molecule is CCC(COC)NC(=S)NC(c1ccccc1)c1ccccc1. The van der Waals surface area contributed by atoms with E-state index >= 15 is 0 Å². The Morgan fingerprint density at radius 1 is 0.957 bits per heavy atom. The van der Waals surface area contributed by atoms with Gasteiger partial charge in [0, 0.05) is 7.11 Å². The normalized spacial score (nSPS) is 12.0. The van der Waals surface area contributed by atoms with E-state index in [1.165, 1.54) is 11.1 Å². The Balaban J connectivity index is 2.14. The van der Waals surface area contributed by atoms with E-state index in [4.69, 9.17) is 17.0 Å². The molecule has 0 bridgehead atoms. The van der Waals surface area contributed by atoms with Crippen LogP contribution in [0, 0.1) is 0 Å². The first-order valence-corrected chi connectivity index (χ1v) is 8.31. The van der Waals surface area contributed by atoms with Gasteiger partial charge in [-0.05, 0) is 29.8 Å². The van der Waals surface area contributed by atoms with Gasteiger partial charge in [-0.1, -0.05) is 67.6 Å². The molecule has 1 atom stereocenters. The van der Waals surface area contributed by atoms with Crippen molar-refractivity contribution in [2.45, 2.75) is 25.4 Å². The lowest BCUT2D eigenvalue weighted by Gasteiger charge is -2.24. The highest BCUT2D eigenvalue weighted by atomic mass is 32.1. The van der Waals surface area contributed by atoms with Crippen LogP contribution in [0.5, 0.6) is 0 Å². The summed E-state index contributed by atoms with van der Waals surface area (Å²) in [6.07, 6.45) is 0.955. The number of ether oxygens (including phenoxy) is 1. The first kappa shape index (κ1) is 17.4. The van der Waals surface area contributed by atoms with Crippen molar-refractivity contribution in [2.24, 2.45) is 0 Å². The summed E-state index contributed by atoms with van der Waals surface area (Å²) in [5, 5.41) is 7.42. The van der Waals surface area contributed by atoms with Crippen LogP contribution in [0.25, 0.3) is 0 Å². The molecule has 0 saturated heterocycles. The Hall–Kier alpha value is -1.91. The zero-order valence-corrected chi connectivity index (χ0v) is 14.5. The minimum atomic E-state index is 0.0254. The molecular weight excluding hydrogens is 304 g/mol. The molecule has 0 fully saturated rings. The molecule has 1 unspecified atom stereocenters. The molecule has 23 heavy (non-hydrogen) atoms. The number of rotatable bonds is 7. The average molecular weight is 328 g/mol. The molecule has 0 spiro atoms. The van der Waals surface area contributed by atoms with E-state index in [0.717, 1.165) is 6.42 Å². The van der Waals surface area contributed by atoms with Gasteiger partial charge in [-0.3, -0.25) is 0 Å². The quantitative estimate of drug-likeness (QED) is 0.760. The molecule has 4 heteroatoms. The molecule has 2 aromatic rings. The van der Waals surface area contributed by atoms with E-state index in [1.807, 2.05) is 36.4 Å². The number of hydrogen-bond acceptors (Lipinski definition) is 2. The lowest BCUT2D eigenvalue weighted by Crippen LogP contribution is -2.45. The summed E-state index contributed by atoms with van der Waals surface area (Å²) in [4.78, 5) is 0. The number of thiocarbonyl (C=S) groups is 1. The lowest BCUT2D eigenvalue weighted by atomic mass is 9.99. The third-order valence-electron chi connectivity index (χ3n) is 3.74. The Bertz CT molecular complexity index is 549. The van der Waals surface area contributed by atoms with Crippen LogP contribution in [0.1, 0.15) is 30.5 Å². The minimum absolute atomic E-state index is 0.0254. The summed E-state index contributed by atoms with van der Waals surface area (Å²) in [5.41, 5.74) is 2.37. The van der Waals surface area contributed by atoms with E-state index < -0.39 is 0 Å². The second-order valence-corrected chi connectivity index (χ2v) is 5.84. The molecule has 0 aliphatic rings. The molecule has 2 rings (SSSR count). The Kier molecular flexibility index (Phi) is 7.04. The zero-order valence-electron chi connectivity index (χ0n) is 13.7. The molecular formula is C19H24N2OS. The molecule has 3 nitrogen and oxygen atoms in total. The summed E-state index contributed by atoms with van der Waals surface area (Å²) in [5.74, 6) is 0. The molecule has 2 N–H and O–H groups in total. The smallest absolute Gasteiger partial charge is 0.167 e. The van der Waals surface area contributed by atoms with Gasteiger partial charge in [-0.15, -0.1) is 0 Å². The molecule has 0 aliphatic carbocycles. The molecule has 0 saturated carbocycles. The fourth-order valence-electron chi connectivity index (χ4n) is 2.47. The molecule has 0 radical (unpaired) electrons. The van der Waals surface area contributed by atoms with Crippen molar-refractivity contribution in [2.75, 3.05) is 13.7 Å². The maximum Gasteiger partial charge on any atom is 0.167 e. The van der Waals surface area contributed by atoms with Crippen molar-refractivity contribution in [1.29, 1.82) is 0 Å². The van der Waals surface area contributed by atoms with Crippen LogP contribution in [0.3, 0.4) is 0 Å². The molecule has 0 aliphatic heterocycles. The first-order valence-electron chi connectivity index (χ1n) is 7.90. The van der Waals surface area contributed by atoms with Crippen molar-refractivity contribution in [3.63, 3.8) is 0 Å². The number of benzene rings is 2. The van der Waals surface area contributed by atoms with Crippen molar-refractivity contribution < 1.29 is 4.74 Å². The highest BCUT2D eigenvalue weighted by Gasteiger charge is 2.16. The van der Waals surface area contributed by atoms with Gasteiger partial charge < -0.3 is 15.4 Å². The molecule has 0 aromatic heterocycles. The van der Waals surface area contributed by atoms with Crippen molar-refractivity contribution >= 4 is 17.3 Å². The van der Waals surface area contributed by atoms with Crippen LogP contribution in [-0.2, 0) is 4.74 Å². The predicted octanol–water partition coefficient (Wildman–Crippen LogP) is 3.67. The van der Waals surface area contributed by atoms with E-state index in [9.17, 15) is 0 Å². The third-order valence-corrected chi connectivity index (χ3v) is 3.97. The second-order valence-electron chi connectivity index (χ2n) is 5.43. The van der Waals surface area contributed by atoms with E-state index in [-0.39, 0.29) is 12.1 Å². The molecule has 122 valence electrons. The lowest BCUT2D eigenvalue weighted by molar-refractivity contribution is 0.172. The summed E-state index contributed by atoms with van der Waals surface area (Å²) < 4.78 is 5.22. The fourth-order valence-corrected chi connectivity index (χ4v) is 2.76. The maximum absolute atomic E-state index is 5.51. The third kappa shape index (κ3) is 5.34. The zero-order chi connectivity index (χ0) is 16.5. The van der Waals surface area contributed by atoms with Gasteiger partial charge in [0.05, 0.1) is 18.7 Å². The summed E-state index contributed by atoms with van der Waals surface area (Å²) >= 11 is 5.51. The van der Waals surface area contributed by atoms with Crippen LogP contribution >= 0.6 is 12.2 Å². The van der Waals surface area contributed by atoms with E-state index in [1.54, 1.807) is 7.11 Å². The van der Waals surface area contributed by atoms with Gasteiger partial charge in [0.25, 0.3) is 0 Å². The minimum Gasteiger partial charge on any atom is -0.383 e. The first-order chi connectivity index (χ1) is 11.2. The van der Waals surface area contributed by atoms with Gasteiger partial charge in [-0.25, -0.2) is 0 Å². The van der Waals surface area contributed by atoms with Gasteiger partial charge in [0.2, 0.25) is 0 Å². The monoisotopic (exact) mass is 328 g/mol. The standard InChI is InChI=1S/C19H24N2OS/c1-3-17(14-22-2)20-19(23)21-18(15-10-6-4-7-11-15)16-12-8-5-9-13-16/h4-13,17-18H,3,14H2,1-2H3,(H2,20,21,23). The molecule has 0 heterocycles. The fraction of sp³-hybridized carbons (Fsp3) is 0.316. The Morgan fingerprint density at radius 2 is 1.48 bits per heavy atom. The summed E-state index contributed by atoms with van der Waals surface area (Å²) in [6.45, 7) is 2.75. The van der Waals surface area contributed by atoms with Crippen LogP contribution in [0.4, 0.5) is 0 Å². The Labute approximate surface area is 144 Å². The van der Waals surface area contributed by atoms with Gasteiger partial charge in [-0.2, -0.15) is 0 Å². The molecule has 2 aromatic carbocycles. The van der Waals surface area contributed by atoms with Crippen molar-refractivity contribution in [3.8, 4) is 0 Å². The highest BCUT2D eigenvalue weighted by molar-refractivity contribution is 7.80. The largest absolute Gasteiger partial charge is 0.383 e. The van der Waals surface area contributed by atoms with Crippen LogP contribution in [0.2, 0.25) is 0 Å². The van der Waals surface area contributed by atoms with E-state index in [0.29, 0.717) is 11.7 Å².